The largest absolute Gasteiger partial charge is 0.495 e. The molecule has 4 nitrogen and oxygen atoms in total. The van der Waals surface area contributed by atoms with Crippen molar-refractivity contribution in [3.8, 4) is 5.75 Å². The third-order valence-corrected chi connectivity index (χ3v) is 2.68. The molecule has 0 saturated heterocycles. The molecule has 0 bridgehead atoms. The van der Waals surface area contributed by atoms with Crippen LogP contribution < -0.4 is 4.74 Å². The van der Waals surface area contributed by atoms with Crippen LogP contribution in [0.2, 0.25) is 5.02 Å². The van der Waals surface area contributed by atoms with E-state index in [0.29, 0.717) is 6.07 Å². The molecule has 1 aromatic carbocycles. The lowest BCUT2D eigenvalue weighted by molar-refractivity contribution is -0.153. The maximum absolute atomic E-state index is 12.9. The summed E-state index contributed by atoms with van der Waals surface area (Å²) in [7, 11) is 1.04. The highest BCUT2D eigenvalue weighted by Crippen LogP contribution is 2.42. The molecule has 0 aromatic heterocycles. The Labute approximate surface area is 118 Å². The summed E-state index contributed by atoms with van der Waals surface area (Å²) in [5.74, 6) is -1.62. The van der Waals surface area contributed by atoms with Crippen molar-refractivity contribution in [2.75, 3.05) is 13.7 Å². The van der Waals surface area contributed by atoms with Gasteiger partial charge in [-0.2, -0.15) is 13.2 Å². The number of ether oxygens (including phenoxy) is 2. The molecule has 20 heavy (non-hydrogen) atoms. The number of aliphatic hydroxyl groups excluding tert-OH is 1. The van der Waals surface area contributed by atoms with Crippen LogP contribution in [0.15, 0.2) is 12.1 Å². The van der Waals surface area contributed by atoms with E-state index in [1.807, 2.05) is 0 Å². The first-order valence-corrected chi connectivity index (χ1v) is 5.89. The van der Waals surface area contributed by atoms with E-state index < -0.39 is 29.6 Å². The summed E-state index contributed by atoms with van der Waals surface area (Å²) in [6.45, 7) is 1.50. The van der Waals surface area contributed by atoms with Crippen molar-refractivity contribution in [3.63, 3.8) is 0 Å². The average Bonchev–Trinajstić information content (AvgIpc) is 2.36. The van der Waals surface area contributed by atoms with E-state index in [2.05, 4.69) is 9.47 Å². The highest BCUT2D eigenvalue weighted by molar-refractivity contribution is 6.32. The fraction of sp³-hybridized carbons (Fsp3) is 0.417. The molecule has 0 aliphatic rings. The Morgan fingerprint density at radius 1 is 1.45 bits per heavy atom. The number of hydrogen-bond acceptors (Lipinski definition) is 4. The zero-order valence-corrected chi connectivity index (χ0v) is 11.4. The lowest BCUT2D eigenvalue weighted by Crippen LogP contribution is -2.17. The number of alkyl halides is 3. The van der Waals surface area contributed by atoms with Crippen molar-refractivity contribution in [3.05, 3.63) is 28.3 Å². The summed E-state index contributed by atoms with van der Waals surface area (Å²) in [4.78, 5) is 11.3. The number of carbonyl (C=O) groups excluding carboxylic acids is 1. The highest BCUT2D eigenvalue weighted by atomic mass is 35.5. The third kappa shape index (κ3) is 3.55. The van der Waals surface area contributed by atoms with Crippen molar-refractivity contribution in [2.24, 2.45) is 0 Å². The Morgan fingerprint density at radius 3 is 2.50 bits per heavy atom. The number of aliphatic hydroxyl groups is 1. The van der Waals surface area contributed by atoms with Gasteiger partial charge in [-0.3, -0.25) is 0 Å². The van der Waals surface area contributed by atoms with Gasteiger partial charge in [0, 0.05) is 0 Å². The number of esters is 1. The molecule has 1 unspecified atom stereocenters. The second kappa shape index (κ2) is 6.32. The van der Waals surface area contributed by atoms with Crippen molar-refractivity contribution in [1.29, 1.82) is 0 Å². The van der Waals surface area contributed by atoms with Crippen LogP contribution in [-0.4, -0.2) is 24.8 Å². The fourth-order valence-corrected chi connectivity index (χ4v) is 1.85. The molecule has 0 fully saturated rings. The van der Waals surface area contributed by atoms with Gasteiger partial charge in [-0.15, -0.1) is 0 Å². The lowest BCUT2D eigenvalue weighted by Gasteiger charge is -2.17. The minimum atomic E-state index is -4.74. The number of rotatable bonds is 4. The summed E-state index contributed by atoms with van der Waals surface area (Å²) in [6.07, 6.45) is -6.58. The summed E-state index contributed by atoms with van der Waals surface area (Å²) < 4.78 is 47.7. The molecule has 0 aliphatic heterocycles. The predicted molar refractivity (Wildman–Crippen MR) is 64.6 cm³/mol. The summed E-state index contributed by atoms with van der Waals surface area (Å²) >= 11 is 5.68. The molecule has 1 N–H and O–H groups in total. The second-order valence-electron chi connectivity index (χ2n) is 3.74. The first-order valence-electron chi connectivity index (χ1n) is 5.51. The summed E-state index contributed by atoms with van der Waals surface area (Å²) in [5.41, 5.74) is -1.49. The van der Waals surface area contributed by atoms with Crippen molar-refractivity contribution < 1.29 is 32.5 Å². The van der Waals surface area contributed by atoms with Crippen molar-refractivity contribution in [1.82, 2.24) is 0 Å². The van der Waals surface area contributed by atoms with Gasteiger partial charge < -0.3 is 14.6 Å². The lowest BCUT2D eigenvalue weighted by atomic mass is 10.0. The Balaban J connectivity index is 3.31. The molecule has 0 aliphatic carbocycles. The minimum Gasteiger partial charge on any atom is -0.495 e. The molecule has 0 amide bonds. The Bertz CT molecular complexity index is 502. The average molecular weight is 313 g/mol. The quantitative estimate of drug-likeness (QED) is 0.868. The van der Waals surface area contributed by atoms with Crippen LogP contribution in [0.25, 0.3) is 0 Å². The zero-order chi connectivity index (χ0) is 15.5. The number of carbonyl (C=O) groups is 1. The predicted octanol–water partition coefficient (Wildman–Crippen LogP) is 2.96. The SMILES string of the molecule is CCOC(=O)C(O)c1cc(Cl)c(OC)c(C(F)(F)F)c1. The first kappa shape index (κ1) is 16.6. The van der Waals surface area contributed by atoms with Gasteiger partial charge in [0.2, 0.25) is 0 Å². The Morgan fingerprint density at radius 2 is 2.05 bits per heavy atom. The van der Waals surface area contributed by atoms with Gasteiger partial charge in [0.25, 0.3) is 0 Å². The molecule has 1 aromatic rings. The van der Waals surface area contributed by atoms with E-state index >= 15 is 0 Å². The second-order valence-corrected chi connectivity index (χ2v) is 4.14. The molecule has 0 radical (unpaired) electrons. The van der Waals surface area contributed by atoms with Gasteiger partial charge in [-0.25, -0.2) is 4.79 Å². The van der Waals surface area contributed by atoms with Crippen LogP contribution in [0.1, 0.15) is 24.2 Å². The molecule has 0 spiro atoms. The molecule has 1 atom stereocenters. The van der Waals surface area contributed by atoms with Gasteiger partial charge >= 0.3 is 12.1 Å². The van der Waals surface area contributed by atoms with Crippen molar-refractivity contribution >= 4 is 17.6 Å². The van der Waals surface area contributed by atoms with Gasteiger partial charge in [0.05, 0.1) is 24.3 Å². The number of benzene rings is 1. The third-order valence-electron chi connectivity index (χ3n) is 2.40. The van der Waals surface area contributed by atoms with Crippen LogP contribution in [-0.2, 0) is 15.7 Å². The van der Waals surface area contributed by atoms with Gasteiger partial charge in [0.1, 0.15) is 5.75 Å². The van der Waals surface area contributed by atoms with Crippen LogP contribution in [0.3, 0.4) is 0 Å². The van der Waals surface area contributed by atoms with Crippen LogP contribution in [0.5, 0.6) is 5.75 Å². The maximum Gasteiger partial charge on any atom is 0.420 e. The van der Waals surface area contributed by atoms with Gasteiger partial charge in [0.15, 0.2) is 6.10 Å². The van der Waals surface area contributed by atoms with Crippen LogP contribution in [0, 0.1) is 0 Å². The number of methoxy groups -OCH3 is 1. The fourth-order valence-electron chi connectivity index (χ4n) is 1.55. The van der Waals surface area contributed by atoms with E-state index in [4.69, 9.17) is 11.6 Å². The first-order chi connectivity index (χ1) is 9.22. The van der Waals surface area contributed by atoms with E-state index in [9.17, 15) is 23.1 Å². The van der Waals surface area contributed by atoms with Crippen molar-refractivity contribution in [2.45, 2.75) is 19.2 Å². The standard InChI is InChI=1S/C12H12ClF3O4/c1-3-20-11(18)9(17)6-4-7(12(14,15)16)10(19-2)8(13)5-6/h4-5,9,17H,3H2,1-2H3. The van der Waals surface area contributed by atoms with Crippen LogP contribution >= 0.6 is 11.6 Å². The minimum absolute atomic E-state index is 0.00803. The Kier molecular flexibility index (Phi) is 5.24. The molecule has 8 heteroatoms. The molecule has 1 rings (SSSR count). The number of hydrogen-bond donors (Lipinski definition) is 1. The maximum atomic E-state index is 12.9. The normalized spacial score (nSPS) is 12.9. The van der Waals surface area contributed by atoms with E-state index in [1.165, 1.54) is 6.92 Å². The zero-order valence-electron chi connectivity index (χ0n) is 10.6. The smallest absolute Gasteiger partial charge is 0.420 e. The molecular weight excluding hydrogens is 301 g/mol. The van der Waals surface area contributed by atoms with E-state index in [-0.39, 0.29) is 17.2 Å². The van der Waals surface area contributed by atoms with E-state index in [1.54, 1.807) is 0 Å². The molecule has 0 saturated carbocycles. The topological polar surface area (TPSA) is 55.8 Å². The van der Waals surface area contributed by atoms with Gasteiger partial charge in [-0.1, -0.05) is 11.6 Å². The summed E-state index contributed by atoms with van der Waals surface area (Å²) in [5, 5.41) is 9.30. The highest BCUT2D eigenvalue weighted by Gasteiger charge is 2.37. The Hall–Kier alpha value is -1.47. The molecule has 112 valence electrons. The van der Waals surface area contributed by atoms with E-state index in [0.717, 1.165) is 13.2 Å². The van der Waals surface area contributed by atoms with Crippen LogP contribution in [0.4, 0.5) is 13.2 Å². The summed E-state index contributed by atoms with van der Waals surface area (Å²) in [6, 6.07) is 1.63. The van der Waals surface area contributed by atoms with Gasteiger partial charge in [-0.05, 0) is 24.6 Å². The number of halogens is 4. The monoisotopic (exact) mass is 312 g/mol. The molecule has 0 heterocycles. The molecular formula is C12H12ClF3O4.